The normalized spacial score (nSPS) is 15.8. The molecule has 0 aromatic carbocycles. The number of hydrogen-bond donors (Lipinski definition) is 0. The Morgan fingerprint density at radius 3 is 2.71 bits per heavy atom. The first-order valence-corrected chi connectivity index (χ1v) is 8.57. The van der Waals surface area contributed by atoms with E-state index in [9.17, 15) is 0 Å². The van der Waals surface area contributed by atoms with E-state index in [1.807, 2.05) is 17.5 Å². The van der Waals surface area contributed by atoms with Crippen molar-refractivity contribution in [3.63, 3.8) is 0 Å². The summed E-state index contributed by atoms with van der Waals surface area (Å²) in [6, 6.07) is 3.99. The molecule has 0 radical (unpaired) electrons. The number of anilines is 1. The first kappa shape index (κ1) is 13.1. The molecule has 108 valence electrons. The second-order valence-electron chi connectivity index (χ2n) is 5.02. The van der Waals surface area contributed by atoms with Crippen molar-refractivity contribution in [2.75, 3.05) is 18.0 Å². The predicted molar refractivity (Wildman–Crippen MR) is 85.7 cm³/mol. The summed E-state index contributed by atoms with van der Waals surface area (Å²) < 4.78 is 2.62. The van der Waals surface area contributed by atoms with Gasteiger partial charge in [0.05, 0.1) is 0 Å². The molecule has 0 unspecified atom stereocenters. The molecule has 0 saturated carbocycles. The van der Waals surface area contributed by atoms with Gasteiger partial charge in [-0.2, -0.15) is 4.52 Å². The van der Waals surface area contributed by atoms with Gasteiger partial charge in [-0.05, 0) is 47.3 Å². The molecule has 21 heavy (non-hydrogen) atoms. The van der Waals surface area contributed by atoms with Gasteiger partial charge in [0, 0.05) is 18.5 Å². The van der Waals surface area contributed by atoms with Gasteiger partial charge in [0.25, 0.3) is 0 Å². The quantitative estimate of drug-likeness (QED) is 0.699. The van der Waals surface area contributed by atoms with Crippen LogP contribution in [0.15, 0.2) is 21.4 Å². The summed E-state index contributed by atoms with van der Waals surface area (Å²) >= 11 is 4.91. The van der Waals surface area contributed by atoms with Gasteiger partial charge >= 0.3 is 0 Å². The zero-order valence-electron chi connectivity index (χ0n) is 11.2. The van der Waals surface area contributed by atoms with E-state index >= 15 is 0 Å². The van der Waals surface area contributed by atoms with Gasteiger partial charge < -0.3 is 4.90 Å². The van der Waals surface area contributed by atoms with E-state index in [4.69, 9.17) is 5.10 Å². The van der Waals surface area contributed by atoms with Crippen molar-refractivity contribution in [3.8, 4) is 11.5 Å². The number of piperidine rings is 1. The molecule has 6 nitrogen and oxygen atoms in total. The molecule has 4 heterocycles. The Kier molecular flexibility index (Phi) is 3.34. The Labute approximate surface area is 134 Å². The number of hydrogen-bond acceptors (Lipinski definition) is 6. The van der Waals surface area contributed by atoms with E-state index < -0.39 is 0 Å². The van der Waals surface area contributed by atoms with Crippen LogP contribution in [0.1, 0.15) is 19.3 Å². The largest absolute Gasteiger partial charge is 0.355 e. The van der Waals surface area contributed by atoms with E-state index in [1.165, 1.54) is 30.6 Å². The zero-order valence-corrected chi connectivity index (χ0v) is 13.6. The molecule has 0 bridgehead atoms. The molecule has 0 amide bonds. The molecule has 4 rings (SSSR count). The second kappa shape index (κ2) is 5.34. The van der Waals surface area contributed by atoms with Gasteiger partial charge in [-0.25, -0.2) is 4.98 Å². The Morgan fingerprint density at radius 1 is 1.10 bits per heavy atom. The van der Waals surface area contributed by atoms with Gasteiger partial charge in [-0.3, -0.25) is 0 Å². The lowest BCUT2D eigenvalue weighted by molar-refractivity contribution is 0.570. The van der Waals surface area contributed by atoms with Crippen LogP contribution >= 0.6 is 27.3 Å². The van der Waals surface area contributed by atoms with Crippen LogP contribution in [-0.4, -0.2) is 37.9 Å². The third-order valence-electron chi connectivity index (χ3n) is 3.63. The number of halogens is 1. The van der Waals surface area contributed by atoms with Crippen LogP contribution in [0.4, 0.5) is 5.82 Å². The third kappa shape index (κ3) is 2.42. The minimum atomic E-state index is 0.686. The van der Waals surface area contributed by atoms with E-state index in [-0.39, 0.29) is 0 Å². The highest BCUT2D eigenvalue weighted by Crippen LogP contribution is 2.25. The minimum Gasteiger partial charge on any atom is -0.355 e. The van der Waals surface area contributed by atoms with Crippen LogP contribution in [0, 0.1) is 0 Å². The summed E-state index contributed by atoms with van der Waals surface area (Å²) in [7, 11) is 0. The molecule has 1 aliphatic heterocycles. The standard InChI is InChI=1S/C13H13BrN6S/c14-13-15-9(8-21-13)12-17-16-10-4-5-11(18-20(10)12)19-6-2-1-3-7-19/h4-5,8H,1-3,6-7H2. The highest BCUT2D eigenvalue weighted by Gasteiger charge is 2.16. The Balaban J connectivity index is 1.78. The fraction of sp³-hybridized carbons (Fsp3) is 0.385. The number of nitrogens with zero attached hydrogens (tertiary/aromatic N) is 6. The van der Waals surface area contributed by atoms with Crippen LogP contribution in [-0.2, 0) is 0 Å². The van der Waals surface area contributed by atoms with E-state index in [0.29, 0.717) is 5.82 Å². The van der Waals surface area contributed by atoms with Crippen molar-refractivity contribution in [2.24, 2.45) is 0 Å². The Bertz CT molecular complexity index is 776. The maximum Gasteiger partial charge on any atom is 0.204 e. The summed E-state index contributed by atoms with van der Waals surface area (Å²) in [4.78, 5) is 6.73. The van der Waals surface area contributed by atoms with E-state index in [0.717, 1.165) is 34.2 Å². The molecule has 1 aliphatic rings. The van der Waals surface area contributed by atoms with Gasteiger partial charge in [-0.1, -0.05) is 0 Å². The maximum absolute atomic E-state index is 4.71. The zero-order chi connectivity index (χ0) is 14.2. The van der Waals surface area contributed by atoms with E-state index in [1.54, 1.807) is 4.52 Å². The number of fused-ring (bicyclic) bond motifs is 1. The summed E-state index contributed by atoms with van der Waals surface area (Å²) in [5, 5.41) is 15.1. The van der Waals surface area contributed by atoms with Gasteiger partial charge in [0.1, 0.15) is 11.5 Å². The lowest BCUT2D eigenvalue weighted by atomic mass is 10.1. The smallest absolute Gasteiger partial charge is 0.204 e. The van der Waals surface area contributed by atoms with E-state index in [2.05, 4.69) is 36.0 Å². The summed E-state index contributed by atoms with van der Waals surface area (Å²) in [5.74, 6) is 1.67. The molecular formula is C13H13BrN6S. The van der Waals surface area contributed by atoms with Gasteiger partial charge in [-0.15, -0.1) is 26.6 Å². The summed E-state index contributed by atoms with van der Waals surface area (Å²) in [6.07, 6.45) is 3.77. The number of rotatable bonds is 2. The number of aromatic nitrogens is 5. The highest BCUT2D eigenvalue weighted by molar-refractivity contribution is 9.11. The average molecular weight is 365 g/mol. The van der Waals surface area contributed by atoms with Crippen LogP contribution in [0.25, 0.3) is 17.2 Å². The molecule has 8 heteroatoms. The fourth-order valence-electron chi connectivity index (χ4n) is 2.59. The Morgan fingerprint density at radius 2 is 1.95 bits per heavy atom. The van der Waals surface area contributed by atoms with Crippen molar-refractivity contribution in [2.45, 2.75) is 19.3 Å². The monoisotopic (exact) mass is 364 g/mol. The first-order valence-electron chi connectivity index (χ1n) is 6.90. The minimum absolute atomic E-state index is 0.686. The van der Waals surface area contributed by atoms with Crippen LogP contribution in [0.2, 0.25) is 0 Å². The van der Waals surface area contributed by atoms with Crippen LogP contribution < -0.4 is 4.90 Å². The second-order valence-corrected chi connectivity index (χ2v) is 7.15. The van der Waals surface area contributed by atoms with Crippen molar-refractivity contribution >= 4 is 38.7 Å². The molecule has 0 atom stereocenters. The fourth-order valence-corrected chi connectivity index (χ4v) is 3.57. The topological polar surface area (TPSA) is 59.2 Å². The van der Waals surface area contributed by atoms with Gasteiger partial charge in [0.15, 0.2) is 9.56 Å². The molecule has 3 aromatic rings. The molecule has 1 fully saturated rings. The lowest BCUT2D eigenvalue weighted by Gasteiger charge is -2.27. The maximum atomic E-state index is 4.71. The average Bonchev–Trinajstić information content (AvgIpc) is 3.13. The van der Waals surface area contributed by atoms with Crippen molar-refractivity contribution in [1.82, 2.24) is 24.8 Å². The molecule has 0 aliphatic carbocycles. The van der Waals surface area contributed by atoms with Crippen LogP contribution in [0.3, 0.4) is 0 Å². The molecule has 0 N–H and O–H groups in total. The summed E-state index contributed by atoms with van der Waals surface area (Å²) in [6.45, 7) is 2.14. The molecule has 0 spiro atoms. The first-order chi connectivity index (χ1) is 10.3. The molecular weight excluding hydrogens is 352 g/mol. The predicted octanol–water partition coefficient (Wildman–Crippen LogP) is 3.00. The van der Waals surface area contributed by atoms with Crippen LogP contribution in [0.5, 0.6) is 0 Å². The van der Waals surface area contributed by atoms with Crippen molar-refractivity contribution in [1.29, 1.82) is 0 Å². The molecule has 1 saturated heterocycles. The molecule has 3 aromatic heterocycles. The van der Waals surface area contributed by atoms with Crippen molar-refractivity contribution in [3.05, 3.63) is 21.4 Å². The Hall–Kier alpha value is -1.54. The van der Waals surface area contributed by atoms with Crippen molar-refractivity contribution < 1.29 is 0 Å². The summed E-state index contributed by atoms with van der Waals surface area (Å²) in [5.41, 5.74) is 1.54. The number of thiazole rings is 1. The SMILES string of the molecule is Brc1nc(-c2nnc3ccc(N4CCCCC4)nn23)cs1. The lowest BCUT2D eigenvalue weighted by Crippen LogP contribution is -2.30. The third-order valence-corrected chi connectivity index (χ3v) is 5.00. The highest BCUT2D eigenvalue weighted by atomic mass is 79.9. The van der Waals surface area contributed by atoms with Gasteiger partial charge in [0.2, 0.25) is 5.82 Å².